The summed E-state index contributed by atoms with van der Waals surface area (Å²) in [5.41, 5.74) is 0.174. The molecule has 1 rings (SSSR count). The van der Waals surface area contributed by atoms with Gasteiger partial charge >= 0.3 is 0 Å². The Morgan fingerprint density at radius 3 is 2.12 bits per heavy atom. The van der Waals surface area contributed by atoms with Crippen molar-refractivity contribution in [3.05, 3.63) is 18.2 Å². The Balaban J connectivity index is 2.32. The van der Waals surface area contributed by atoms with Crippen LogP contribution >= 0.6 is 11.8 Å². The van der Waals surface area contributed by atoms with Crippen molar-refractivity contribution in [2.24, 2.45) is 0 Å². The van der Waals surface area contributed by atoms with Crippen LogP contribution in [0.1, 0.15) is 64.7 Å². The summed E-state index contributed by atoms with van der Waals surface area (Å²) in [7, 11) is 5.15. The highest BCUT2D eigenvalue weighted by molar-refractivity contribution is 7.99. The van der Waals surface area contributed by atoms with Gasteiger partial charge < -0.3 is 14.2 Å². The van der Waals surface area contributed by atoms with E-state index in [1.54, 1.807) is 33.1 Å². The normalized spacial score (nSPS) is 12.2. The first kappa shape index (κ1) is 21.2. The molecule has 0 amide bonds. The lowest BCUT2D eigenvalue weighted by Gasteiger charge is -2.17. The van der Waals surface area contributed by atoms with Gasteiger partial charge in [-0.15, -0.1) is 0 Å². The molecular formula is C20H34O3S. The summed E-state index contributed by atoms with van der Waals surface area (Å²) in [6, 6.07) is 5.93. The van der Waals surface area contributed by atoms with Crippen LogP contribution in [0.2, 0.25) is 0 Å². The summed E-state index contributed by atoms with van der Waals surface area (Å²) >= 11 is 1.73. The molecule has 0 bridgehead atoms. The average molecular weight is 355 g/mol. The highest BCUT2D eigenvalue weighted by Crippen LogP contribution is 2.36. The van der Waals surface area contributed by atoms with Gasteiger partial charge in [-0.25, -0.2) is 0 Å². The second-order valence-corrected chi connectivity index (χ2v) is 7.26. The monoisotopic (exact) mass is 354 g/mol. The van der Waals surface area contributed by atoms with Gasteiger partial charge in [-0.2, -0.15) is 0 Å². The van der Waals surface area contributed by atoms with Crippen LogP contribution in [0.15, 0.2) is 23.1 Å². The molecule has 0 aliphatic rings. The van der Waals surface area contributed by atoms with Crippen molar-refractivity contribution < 1.29 is 14.2 Å². The van der Waals surface area contributed by atoms with Gasteiger partial charge in [0.2, 0.25) is 0 Å². The minimum absolute atomic E-state index is 0.174. The molecule has 0 N–H and O–H groups in total. The van der Waals surface area contributed by atoms with Crippen molar-refractivity contribution in [2.75, 3.05) is 21.3 Å². The summed E-state index contributed by atoms with van der Waals surface area (Å²) in [4.78, 5) is 1.10. The second kappa shape index (κ2) is 13.4. The lowest BCUT2D eigenvalue weighted by Crippen LogP contribution is -2.05. The number of benzene rings is 1. The molecular weight excluding hydrogens is 320 g/mol. The third-order valence-corrected chi connectivity index (χ3v) is 5.47. The molecule has 0 fully saturated rings. The fourth-order valence-electron chi connectivity index (χ4n) is 2.68. The van der Waals surface area contributed by atoms with Crippen molar-refractivity contribution in [3.63, 3.8) is 0 Å². The summed E-state index contributed by atoms with van der Waals surface area (Å²) in [5.74, 6) is 1.66. The molecule has 1 aromatic rings. The van der Waals surface area contributed by atoms with Crippen LogP contribution in [0.3, 0.4) is 0 Å². The minimum atomic E-state index is 0.174. The number of methoxy groups -OCH3 is 3. The molecule has 0 heterocycles. The predicted molar refractivity (Wildman–Crippen MR) is 103 cm³/mol. The van der Waals surface area contributed by atoms with Gasteiger partial charge in [-0.3, -0.25) is 0 Å². The maximum absolute atomic E-state index is 5.65. The summed E-state index contributed by atoms with van der Waals surface area (Å²) in [6.07, 6.45) is 11.8. The van der Waals surface area contributed by atoms with Gasteiger partial charge in [0.25, 0.3) is 0 Å². The standard InChI is InChI=1S/C20H34O3S/c1-5-6-7-8-9-10-11-12-13-20(23-4)24-19-15-14-17(21-2)16-18(19)22-3/h14-16,20H,5-13H2,1-4H3. The van der Waals surface area contributed by atoms with Crippen LogP contribution in [0.5, 0.6) is 11.5 Å². The number of hydrogen-bond acceptors (Lipinski definition) is 4. The largest absolute Gasteiger partial charge is 0.497 e. The first-order valence-corrected chi connectivity index (χ1v) is 10.0. The Labute approximate surface area is 152 Å². The zero-order chi connectivity index (χ0) is 17.6. The lowest BCUT2D eigenvalue weighted by atomic mass is 10.1. The molecule has 138 valence electrons. The highest BCUT2D eigenvalue weighted by atomic mass is 32.2. The van der Waals surface area contributed by atoms with Crippen molar-refractivity contribution in [1.29, 1.82) is 0 Å². The van der Waals surface area contributed by atoms with Crippen molar-refractivity contribution in [1.82, 2.24) is 0 Å². The molecule has 1 unspecified atom stereocenters. The molecule has 4 heteroatoms. The maximum Gasteiger partial charge on any atom is 0.136 e. The van der Waals surface area contributed by atoms with Gasteiger partial charge in [-0.05, 0) is 25.0 Å². The van der Waals surface area contributed by atoms with E-state index >= 15 is 0 Å². The van der Waals surface area contributed by atoms with Crippen molar-refractivity contribution >= 4 is 11.8 Å². The van der Waals surface area contributed by atoms with Crippen LogP contribution in [0, 0.1) is 0 Å². The number of rotatable bonds is 14. The molecule has 0 aliphatic carbocycles. The Bertz CT molecular complexity index is 437. The van der Waals surface area contributed by atoms with Crippen LogP contribution < -0.4 is 9.47 Å². The van der Waals surface area contributed by atoms with Gasteiger partial charge in [0.05, 0.1) is 19.1 Å². The van der Waals surface area contributed by atoms with Gasteiger partial charge in [0.15, 0.2) is 0 Å². The average Bonchev–Trinajstić information content (AvgIpc) is 2.62. The predicted octanol–water partition coefficient (Wildman–Crippen LogP) is 6.30. The molecule has 0 aliphatic heterocycles. The first-order chi connectivity index (χ1) is 11.7. The van der Waals surface area contributed by atoms with Crippen LogP contribution in [-0.4, -0.2) is 26.8 Å². The molecule has 0 saturated carbocycles. The number of thioether (sulfide) groups is 1. The summed E-state index contributed by atoms with van der Waals surface area (Å²) in [5, 5.41) is 0. The van der Waals surface area contributed by atoms with E-state index in [2.05, 4.69) is 6.92 Å². The molecule has 1 atom stereocenters. The quantitative estimate of drug-likeness (QED) is 0.223. The van der Waals surface area contributed by atoms with E-state index in [0.717, 1.165) is 22.8 Å². The molecule has 3 nitrogen and oxygen atoms in total. The second-order valence-electron chi connectivity index (χ2n) is 6.06. The topological polar surface area (TPSA) is 27.7 Å². The fraction of sp³-hybridized carbons (Fsp3) is 0.700. The van der Waals surface area contributed by atoms with Crippen molar-refractivity contribution in [2.45, 2.75) is 75.0 Å². The summed E-state index contributed by atoms with van der Waals surface area (Å²) < 4.78 is 16.4. The molecule has 0 aromatic heterocycles. The molecule has 1 aromatic carbocycles. The van der Waals surface area contributed by atoms with Gasteiger partial charge in [0, 0.05) is 13.2 Å². The minimum Gasteiger partial charge on any atom is -0.497 e. The number of unbranched alkanes of at least 4 members (excludes halogenated alkanes) is 7. The first-order valence-electron chi connectivity index (χ1n) is 9.16. The Hall–Kier alpha value is -0.870. The fourth-order valence-corrected chi connectivity index (χ4v) is 3.75. The molecule has 0 radical (unpaired) electrons. The SMILES string of the molecule is CCCCCCCCCCC(OC)Sc1ccc(OC)cc1OC. The van der Waals surface area contributed by atoms with E-state index in [0.29, 0.717) is 0 Å². The Morgan fingerprint density at radius 2 is 1.54 bits per heavy atom. The highest BCUT2D eigenvalue weighted by Gasteiger charge is 2.13. The van der Waals surface area contributed by atoms with Gasteiger partial charge in [-0.1, -0.05) is 63.6 Å². The van der Waals surface area contributed by atoms with E-state index in [4.69, 9.17) is 14.2 Å². The molecule has 0 saturated heterocycles. The number of ether oxygens (including phenoxy) is 3. The summed E-state index contributed by atoms with van der Waals surface area (Å²) in [6.45, 7) is 2.26. The Kier molecular flexibility index (Phi) is 11.8. The van der Waals surface area contributed by atoms with Crippen LogP contribution in [0.4, 0.5) is 0 Å². The van der Waals surface area contributed by atoms with Gasteiger partial charge in [0.1, 0.15) is 16.9 Å². The number of hydrogen-bond donors (Lipinski definition) is 0. The smallest absolute Gasteiger partial charge is 0.136 e. The third-order valence-electron chi connectivity index (χ3n) is 4.19. The third kappa shape index (κ3) is 8.29. The lowest BCUT2D eigenvalue weighted by molar-refractivity contribution is 0.163. The van der Waals surface area contributed by atoms with Crippen LogP contribution in [0.25, 0.3) is 0 Å². The van der Waals surface area contributed by atoms with Crippen molar-refractivity contribution in [3.8, 4) is 11.5 Å². The van der Waals surface area contributed by atoms with Crippen LogP contribution in [-0.2, 0) is 4.74 Å². The van der Waals surface area contributed by atoms with E-state index in [1.807, 2.05) is 18.2 Å². The Morgan fingerprint density at radius 1 is 0.875 bits per heavy atom. The van der Waals surface area contributed by atoms with E-state index in [-0.39, 0.29) is 5.44 Å². The maximum atomic E-state index is 5.65. The molecule has 0 spiro atoms. The zero-order valence-electron chi connectivity index (χ0n) is 15.8. The van der Waals surface area contributed by atoms with E-state index in [9.17, 15) is 0 Å². The van der Waals surface area contributed by atoms with E-state index in [1.165, 1.54) is 51.4 Å². The van der Waals surface area contributed by atoms with E-state index < -0.39 is 0 Å². The molecule has 24 heavy (non-hydrogen) atoms. The zero-order valence-corrected chi connectivity index (χ0v) is 16.6.